The van der Waals surface area contributed by atoms with E-state index in [0.717, 1.165) is 17.5 Å². The Morgan fingerprint density at radius 2 is 2.00 bits per heavy atom. The summed E-state index contributed by atoms with van der Waals surface area (Å²) in [5.74, 6) is 0.485. The summed E-state index contributed by atoms with van der Waals surface area (Å²) < 4.78 is 1.89. The second kappa shape index (κ2) is 6.59. The van der Waals surface area contributed by atoms with Crippen molar-refractivity contribution in [1.29, 1.82) is 0 Å². The predicted octanol–water partition coefficient (Wildman–Crippen LogP) is 1.76. The number of carbonyl (C=O) groups excluding carboxylic acids is 2. The van der Waals surface area contributed by atoms with Crippen LogP contribution in [0.4, 0.5) is 0 Å². The molecule has 0 aliphatic carbocycles. The number of hydrogen-bond acceptors (Lipinski definition) is 4. The fraction of sp³-hybridized carbons (Fsp3) is 0.263. The van der Waals surface area contributed by atoms with Crippen LogP contribution in [0.5, 0.6) is 0 Å². The molecule has 3 heterocycles. The molecule has 1 aliphatic heterocycles. The number of primary amides is 1. The van der Waals surface area contributed by atoms with Crippen molar-refractivity contribution in [2.24, 2.45) is 11.7 Å². The number of amides is 2. The van der Waals surface area contributed by atoms with E-state index in [1.165, 1.54) is 0 Å². The Kier molecular flexibility index (Phi) is 4.12. The molecule has 7 heteroatoms. The van der Waals surface area contributed by atoms with E-state index in [1.54, 1.807) is 23.5 Å². The molecule has 0 bridgehead atoms. The average Bonchev–Trinajstić information content (AvgIpc) is 3.28. The minimum Gasteiger partial charge on any atom is -0.370 e. The van der Waals surface area contributed by atoms with Crippen LogP contribution in [0.2, 0.25) is 0 Å². The van der Waals surface area contributed by atoms with Gasteiger partial charge < -0.3 is 10.6 Å². The largest absolute Gasteiger partial charge is 0.370 e. The highest BCUT2D eigenvalue weighted by atomic mass is 16.2. The summed E-state index contributed by atoms with van der Waals surface area (Å²) in [5, 5.41) is 0. The Labute approximate surface area is 150 Å². The number of hydrogen-bond donors (Lipinski definition) is 1. The summed E-state index contributed by atoms with van der Waals surface area (Å²) in [4.78, 5) is 34.2. The molecule has 2 amide bonds. The molecule has 2 N–H and O–H groups in total. The van der Waals surface area contributed by atoms with Crippen molar-refractivity contribution >= 4 is 22.8 Å². The van der Waals surface area contributed by atoms with Gasteiger partial charge in [-0.3, -0.25) is 14.2 Å². The number of rotatable bonds is 4. The lowest BCUT2D eigenvalue weighted by Gasteiger charge is -2.16. The molecule has 1 atom stereocenters. The fourth-order valence-electron chi connectivity index (χ4n) is 3.45. The van der Waals surface area contributed by atoms with Gasteiger partial charge in [0.1, 0.15) is 12.1 Å². The summed E-state index contributed by atoms with van der Waals surface area (Å²) in [7, 11) is 0. The third kappa shape index (κ3) is 3.03. The van der Waals surface area contributed by atoms with Gasteiger partial charge in [-0.05, 0) is 36.6 Å². The summed E-state index contributed by atoms with van der Waals surface area (Å²) >= 11 is 0. The number of nitrogens with zero attached hydrogens (tertiary/aromatic N) is 4. The lowest BCUT2D eigenvalue weighted by molar-refractivity contribution is -0.118. The molecule has 7 nitrogen and oxygen atoms in total. The van der Waals surface area contributed by atoms with Crippen molar-refractivity contribution in [2.75, 3.05) is 13.1 Å². The standard InChI is InChI=1S/C19H19N5O2/c20-17(25)9-13-7-8-23(11-13)19(26)14-5-6-18(21-10-14)24-12-22-15-3-1-2-4-16(15)24/h1-6,10,12-13H,7-9,11H2,(H2,20,25). The van der Waals surface area contributed by atoms with Crippen LogP contribution >= 0.6 is 0 Å². The van der Waals surface area contributed by atoms with Crippen LogP contribution in [0.1, 0.15) is 23.2 Å². The quantitative estimate of drug-likeness (QED) is 0.776. The molecule has 1 aliphatic rings. The number of imidazole rings is 1. The van der Waals surface area contributed by atoms with Gasteiger partial charge in [0.2, 0.25) is 5.91 Å². The van der Waals surface area contributed by atoms with E-state index < -0.39 is 0 Å². The Bertz CT molecular complexity index is 963. The second-order valence-corrected chi connectivity index (χ2v) is 6.58. The summed E-state index contributed by atoms with van der Waals surface area (Å²) in [6, 6.07) is 11.4. The zero-order valence-electron chi connectivity index (χ0n) is 14.2. The van der Waals surface area contributed by atoms with Gasteiger partial charge in [-0.25, -0.2) is 9.97 Å². The van der Waals surface area contributed by atoms with Crippen LogP contribution in [0.25, 0.3) is 16.9 Å². The first-order valence-electron chi connectivity index (χ1n) is 8.58. The molecule has 3 aromatic rings. The molecule has 132 valence electrons. The number of fused-ring (bicyclic) bond motifs is 1. The van der Waals surface area contributed by atoms with E-state index in [1.807, 2.05) is 34.9 Å². The molecule has 4 rings (SSSR count). The van der Waals surface area contributed by atoms with Crippen molar-refractivity contribution in [2.45, 2.75) is 12.8 Å². The van der Waals surface area contributed by atoms with Gasteiger partial charge in [0.05, 0.1) is 16.6 Å². The normalized spacial score (nSPS) is 16.9. The number of aromatic nitrogens is 3. The van der Waals surface area contributed by atoms with E-state index in [4.69, 9.17) is 5.73 Å². The van der Waals surface area contributed by atoms with Crippen molar-refractivity contribution in [3.05, 3.63) is 54.5 Å². The molecule has 1 aromatic carbocycles. The molecule has 26 heavy (non-hydrogen) atoms. The fourth-order valence-corrected chi connectivity index (χ4v) is 3.45. The lowest BCUT2D eigenvalue weighted by Crippen LogP contribution is -2.29. The third-order valence-corrected chi connectivity index (χ3v) is 4.76. The van der Waals surface area contributed by atoms with Crippen LogP contribution in [0.15, 0.2) is 48.9 Å². The Hall–Kier alpha value is -3.22. The van der Waals surface area contributed by atoms with Crippen LogP contribution < -0.4 is 5.73 Å². The monoisotopic (exact) mass is 349 g/mol. The second-order valence-electron chi connectivity index (χ2n) is 6.58. The van der Waals surface area contributed by atoms with Gasteiger partial charge in [0.25, 0.3) is 5.91 Å². The summed E-state index contributed by atoms with van der Waals surface area (Å²) in [6.07, 6.45) is 4.45. The zero-order valence-corrected chi connectivity index (χ0v) is 14.2. The average molecular weight is 349 g/mol. The topological polar surface area (TPSA) is 94.1 Å². The van der Waals surface area contributed by atoms with E-state index in [2.05, 4.69) is 9.97 Å². The molecule has 0 radical (unpaired) electrons. The zero-order chi connectivity index (χ0) is 18.1. The van der Waals surface area contributed by atoms with E-state index in [0.29, 0.717) is 30.9 Å². The Morgan fingerprint density at radius 1 is 1.15 bits per heavy atom. The smallest absolute Gasteiger partial charge is 0.255 e. The van der Waals surface area contributed by atoms with Crippen LogP contribution in [0, 0.1) is 5.92 Å². The summed E-state index contributed by atoms with van der Waals surface area (Å²) in [5.41, 5.74) is 7.65. The van der Waals surface area contributed by atoms with Crippen molar-refractivity contribution in [3.8, 4) is 5.82 Å². The molecule has 0 spiro atoms. The highest BCUT2D eigenvalue weighted by Crippen LogP contribution is 2.22. The predicted molar refractivity (Wildman–Crippen MR) is 96.7 cm³/mol. The Morgan fingerprint density at radius 3 is 2.77 bits per heavy atom. The molecular formula is C19H19N5O2. The highest BCUT2D eigenvalue weighted by Gasteiger charge is 2.28. The van der Waals surface area contributed by atoms with Gasteiger partial charge in [-0.1, -0.05) is 12.1 Å². The van der Waals surface area contributed by atoms with Crippen molar-refractivity contribution in [3.63, 3.8) is 0 Å². The van der Waals surface area contributed by atoms with Gasteiger partial charge >= 0.3 is 0 Å². The van der Waals surface area contributed by atoms with Gasteiger partial charge in [-0.15, -0.1) is 0 Å². The first-order chi connectivity index (χ1) is 12.6. The number of pyridine rings is 1. The Balaban J connectivity index is 1.51. The van der Waals surface area contributed by atoms with Crippen LogP contribution in [-0.4, -0.2) is 44.3 Å². The van der Waals surface area contributed by atoms with Crippen LogP contribution in [-0.2, 0) is 4.79 Å². The highest BCUT2D eigenvalue weighted by molar-refractivity contribution is 5.94. The molecule has 1 saturated heterocycles. The lowest BCUT2D eigenvalue weighted by atomic mass is 10.1. The minimum absolute atomic E-state index is 0.0634. The molecule has 1 unspecified atom stereocenters. The SMILES string of the molecule is NC(=O)CC1CCN(C(=O)c2ccc(-n3cnc4ccccc43)nc2)C1. The number of likely N-dealkylation sites (tertiary alicyclic amines) is 1. The van der Waals surface area contributed by atoms with E-state index in [-0.39, 0.29) is 17.7 Å². The molecule has 2 aromatic heterocycles. The van der Waals surface area contributed by atoms with Gasteiger partial charge in [0, 0.05) is 25.7 Å². The van der Waals surface area contributed by atoms with Gasteiger partial charge in [-0.2, -0.15) is 0 Å². The molecule has 1 fully saturated rings. The van der Waals surface area contributed by atoms with Gasteiger partial charge in [0.15, 0.2) is 0 Å². The maximum Gasteiger partial charge on any atom is 0.255 e. The first-order valence-corrected chi connectivity index (χ1v) is 8.58. The van der Waals surface area contributed by atoms with Crippen molar-refractivity contribution < 1.29 is 9.59 Å². The maximum absolute atomic E-state index is 12.6. The van der Waals surface area contributed by atoms with E-state index in [9.17, 15) is 9.59 Å². The number of benzene rings is 1. The molecule has 0 saturated carbocycles. The van der Waals surface area contributed by atoms with Crippen LogP contribution in [0.3, 0.4) is 0 Å². The minimum atomic E-state index is -0.317. The van der Waals surface area contributed by atoms with Crippen molar-refractivity contribution in [1.82, 2.24) is 19.4 Å². The third-order valence-electron chi connectivity index (χ3n) is 4.76. The summed E-state index contributed by atoms with van der Waals surface area (Å²) in [6.45, 7) is 1.21. The van der Waals surface area contributed by atoms with E-state index >= 15 is 0 Å². The molecular weight excluding hydrogens is 330 g/mol. The first kappa shape index (κ1) is 16.3. The number of para-hydroxylation sites is 2. The maximum atomic E-state index is 12.6. The number of carbonyl (C=O) groups is 2. The number of nitrogens with two attached hydrogens (primary N) is 1.